The van der Waals surface area contributed by atoms with Gasteiger partial charge in [-0.05, 0) is 17.0 Å². The number of nitrogens with two attached hydrogens (primary N) is 1. The van der Waals surface area contributed by atoms with Crippen LogP contribution in [-0.2, 0) is 6.54 Å². The first kappa shape index (κ1) is 11.9. The Morgan fingerprint density at radius 2 is 2.16 bits per heavy atom. The summed E-state index contributed by atoms with van der Waals surface area (Å²) in [5.74, 6) is 0. The molecule has 19 heavy (non-hydrogen) atoms. The topological polar surface area (TPSA) is 67.9 Å². The van der Waals surface area contributed by atoms with Gasteiger partial charge in [-0.2, -0.15) is 0 Å². The molecule has 6 heteroatoms. The Morgan fingerprint density at radius 3 is 2.95 bits per heavy atom. The fraction of sp³-hybridized carbons (Fsp3) is 0.154. The van der Waals surface area contributed by atoms with Crippen LogP contribution >= 0.6 is 11.3 Å². The highest BCUT2D eigenvalue weighted by atomic mass is 32.1. The van der Waals surface area contributed by atoms with E-state index in [1.165, 1.54) is 22.3 Å². The standard InChI is InChI=1S/C13H13N5S/c1-18(13-17-16-12(14)19-13)8-10-4-2-3-9-7-15-6-5-11(9)10/h2-7H,8H2,1H3,(H2,14,16). The molecule has 0 aliphatic rings. The molecule has 1 aromatic carbocycles. The summed E-state index contributed by atoms with van der Waals surface area (Å²) in [6, 6.07) is 8.26. The summed E-state index contributed by atoms with van der Waals surface area (Å²) in [5, 5.41) is 11.6. The number of hydrogen-bond acceptors (Lipinski definition) is 6. The summed E-state index contributed by atoms with van der Waals surface area (Å²) < 4.78 is 0. The van der Waals surface area contributed by atoms with Crippen LogP contribution in [0.4, 0.5) is 10.3 Å². The Kier molecular flexibility index (Phi) is 3.00. The monoisotopic (exact) mass is 271 g/mol. The van der Waals surface area contributed by atoms with Crippen molar-refractivity contribution in [1.29, 1.82) is 0 Å². The van der Waals surface area contributed by atoms with Crippen molar-refractivity contribution in [2.24, 2.45) is 0 Å². The largest absolute Gasteiger partial charge is 0.374 e. The van der Waals surface area contributed by atoms with E-state index in [1.54, 1.807) is 0 Å². The first-order chi connectivity index (χ1) is 9.24. The molecule has 0 unspecified atom stereocenters. The fourth-order valence-corrected chi connectivity index (χ4v) is 2.60. The molecule has 3 aromatic rings. The van der Waals surface area contributed by atoms with Crippen molar-refractivity contribution in [1.82, 2.24) is 15.2 Å². The lowest BCUT2D eigenvalue weighted by Crippen LogP contribution is -2.16. The van der Waals surface area contributed by atoms with Crippen LogP contribution < -0.4 is 10.6 Å². The predicted molar refractivity (Wildman–Crippen MR) is 78.2 cm³/mol. The molecule has 2 heterocycles. The molecule has 0 fully saturated rings. The highest BCUT2D eigenvalue weighted by Crippen LogP contribution is 2.24. The highest BCUT2D eigenvalue weighted by Gasteiger charge is 2.09. The van der Waals surface area contributed by atoms with Crippen LogP contribution in [0.5, 0.6) is 0 Å². The zero-order valence-electron chi connectivity index (χ0n) is 10.4. The molecular weight excluding hydrogens is 258 g/mol. The number of pyridine rings is 1. The first-order valence-electron chi connectivity index (χ1n) is 5.86. The molecule has 0 radical (unpaired) electrons. The van der Waals surface area contributed by atoms with E-state index < -0.39 is 0 Å². The molecule has 0 aliphatic carbocycles. The Hall–Kier alpha value is -2.21. The molecule has 0 bridgehead atoms. The molecule has 0 saturated heterocycles. The Labute approximate surface area is 114 Å². The maximum absolute atomic E-state index is 5.61. The molecule has 0 amide bonds. The van der Waals surface area contributed by atoms with E-state index in [0.717, 1.165) is 17.1 Å². The van der Waals surface area contributed by atoms with Gasteiger partial charge in [0.1, 0.15) is 0 Å². The van der Waals surface area contributed by atoms with Gasteiger partial charge in [-0.25, -0.2) is 0 Å². The second-order valence-corrected chi connectivity index (χ2v) is 5.28. The van der Waals surface area contributed by atoms with Gasteiger partial charge in [-0.15, -0.1) is 10.2 Å². The number of hydrogen-bond donors (Lipinski definition) is 1. The van der Waals surface area contributed by atoms with Gasteiger partial charge in [0.15, 0.2) is 0 Å². The van der Waals surface area contributed by atoms with Crippen LogP contribution in [0.2, 0.25) is 0 Å². The van der Waals surface area contributed by atoms with E-state index in [2.05, 4.69) is 27.3 Å². The van der Waals surface area contributed by atoms with Gasteiger partial charge in [0, 0.05) is 31.4 Å². The van der Waals surface area contributed by atoms with Crippen molar-refractivity contribution in [2.75, 3.05) is 17.7 Å². The van der Waals surface area contributed by atoms with Crippen LogP contribution in [0.3, 0.4) is 0 Å². The van der Waals surface area contributed by atoms with Gasteiger partial charge in [0.25, 0.3) is 0 Å². The van der Waals surface area contributed by atoms with E-state index in [9.17, 15) is 0 Å². The van der Waals surface area contributed by atoms with Gasteiger partial charge < -0.3 is 10.6 Å². The average Bonchev–Trinajstić information content (AvgIpc) is 2.86. The van der Waals surface area contributed by atoms with Gasteiger partial charge in [0.2, 0.25) is 10.3 Å². The second-order valence-electron chi connectivity index (χ2n) is 4.29. The summed E-state index contributed by atoms with van der Waals surface area (Å²) in [7, 11) is 1.99. The number of nitrogen functional groups attached to an aromatic ring is 1. The fourth-order valence-electron chi connectivity index (χ4n) is 2.03. The first-order valence-corrected chi connectivity index (χ1v) is 6.67. The van der Waals surface area contributed by atoms with Crippen molar-refractivity contribution >= 4 is 32.4 Å². The molecule has 0 saturated carbocycles. The van der Waals surface area contributed by atoms with Crippen molar-refractivity contribution < 1.29 is 0 Å². The van der Waals surface area contributed by atoms with Crippen molar-refractivity contribution in [2.45, 2.75) is 6.54 Å². The molecular formula is C13H13N5S. The zero-order valence-corrected chi connectivity index (χ0v) is 11.3. The maximum Gasteiger partial charge on any atom is 0.210 e. The minimum Gasteiger partial charge on any atom is -0.374 e. The van der Waals surface area contributed by atoms with Crippen LogP contribution in [0.15, 0.2) is 36.7 Å². The SMILES string of the molecule is CN(Cc1cccc2cnccc12)c1nnc(N)s1. The van der Waals surface area contributed by atoms with Gasteiger partial charge in [-0.1, -0.05) is 29.5 Å². The lowest BCUT2D eigenvalue weighted by molar-refractivity contribution is 0.900. The Balaban J connectivity index is 1.93. The lowest BCUT2D eigenvalue weighted by atomic mass is 10.1. The third-order valence-electron chi connectivity index (χ3n) is 2.94. The van der Waals surface area contributed by atoms with Gasteiger partial charge >= 0.3 is 0 Å². The number of nitrogens with zero attached hydrogens (tertiary/aromatic N) is 4. The normalized spacial score (nSPS) is 10.8. The minimum absolute atomic E-state index is 0.490. The number of anilines is 2. The maximum atomic E-state index is 5.61. The number of rotatable bonds is 3. The third kappa shape index (κ3) is 2.34. The van der Waals surface area contributed by atoms with E-state index >= 15 is 0 Å². The van der Waals surface area contributed by atoms with Crippen LogP contribution in [-0.4, -0.2) is 22.2 Å². The zero-order chi connectivity index (χ0) is 13.2. The van der Waals surface area contributed by atoms with Crippen molar-refractivity contribution in [3.05, 3.63) is 42.2 Å². The molecule has 0 spiro atoms. The van der Waals surface area contributed by atoms with E-state index in [-0.39, 0.29) is 0 Å². The molecule has 0 aliphatic heterocycles. The molecule has 0 atom stereocenters. The van der Waals surface area contributed by atoms with Gasteiger partial charge in [-0.3, -0.25) is 4.98 Å². The smallest absolute Gasteiger partial charge is 0.210 e. The molecule has 2 N–H and O–H groups in total. The predicted octanol–water partition coefficient (Wildman–Crippen LogP) is 2.30. The Morgan fingerprint density at radius 1 is 1.26 bits per heavy atom. The summed E-state index contributed by atoms with van der Waals surface area (Å²) in [6.07, 6.45) is 3.69. The number of fused-ring (bicyclic) bond motifs is 1. The average molecular weight is 271 g/mol. The molecule has 3 rings (SSSR count). The number of aromatic nitrogens is 3. The van der Waals surface area contributed by atoms with E-state index in [4.69, 9.17) is 5.73 Å². The summed E-state index contributed by atoms with van der Waals surface area (Å²) in [6.45, 7) is 0.760. The second kappa shape index (κ2) is 4.81. The van der Waals surface area contributed by atoms with Crippen LogP contribution in [0.25, 0.3) is 10.8 Å². The molecule has 96 valence electrons. The van der Waals surface area contributed by atoms with E-state index in [1.807, 2.05) is 36.5 Å². The molecule has 5 nitrogen and oxygen atoms in total. The summed E-state index contributed by atoms with van der Waals surface area (Å²) in [5.41, 5.74) is 6.84. The van der Waals surface area contributed by atoms with Crippen molar-refractivity contribution in [3.8, 4) is 0 Å². The summed E-state index contributed by atoms with van der Waals surface area (Å²) in [4.78, 5) is 6.19. The van der Waals surface area contributed by atoms with Gasteiger partial charge in [0.05, 0.1) is 0 Å². The molecule has 2 aromatic heterocycles. The summed E-state index contributed by atoms with van der Waals surface area (Å²) >= 11 is 1.39. The van der Waals surface area contributed by atoms with Crippen LogP contribution in [0.1, 0.15) is 5.56 Å². The highest BCUT2D eigenvalue weighted by molar-refractivity contribution is 7.18. The third-order valence-corrected chi connectivity index (χ3v) is 3.80. The minimum atomic E-state index is 0.490. The quantitative estimate of drug-likeness (QED) is 0.791. The van der Waals surface area contributed by atoms with E-state index in [0.29, 0.717) is 5.13 Å². The Bertz CT molecular complexity index is 704. The van der Waals surface area contributed by atoms with Crippen LogP contribution in [0, 0.1) is 0 Å². The number of benzene rings is 1. The van der Waals surface area contributed by atoms with Crippen molar-refractivity contribution in [3.63, 3.8) is 0 Å². The lowest BCUT2D eigenvalue weighted by Gasteiger charge is -2.16.